The molecule has 1 aromatic carbocycles. The van der Waals surface area contributed by atoms with Crippen molar-refractivity contribution in [1.29, 1.82) is 0 Å². The molecule has 3 rings (SSSR count). The summed E-state index contributed by atoms with van der Waals surface area (Å²) in [4.78, 5) is 53.8. The second kappa shape index (κ2) is 9.65. The van der Waals surface area contributed by atoms with Gasteiger partial charge in [0.25, 0.3) is 5.56 Å². The Balaban J connectivity index is 1.86. The van der Waals surface area contributed by atoms with E-state index >= 15 is 0 Å². The van der Waals surface area contributed by atoms with Gasteiger partial charge < -0.3 is 5.32 Å². The van der Waals surface area contributed by atoms with Crippen LogP contribution >= 0.6 is 0 Å². The normalized spacial score (nSPS) is 16.5. The largest absolute Gasteiger partial charge is 0.352 e. The molecule has 160 valence electrons. The highest BCUT2D eigenvalue weighted by atomic mass is 16.2. The van der Waals surface area contributed by atoms with Crippen LogP contribution in [0.25, 0.3) is 10.9 Å². The molecule has 1 saturated heterocycles. The van der Waals surface area contributed by atoms with Crippen LogP contribution in [0, 0.1) is 6.92 Å². The molecule has 1 fully saturated rings. The van der Waals surface area contributed by atoms with Crippen molar-refractivity contribution < 1.29 is 14.4 Å². The first kappa shape index (κ1) is 21.7. The predicted molar refractivity (Wildman–Crippen MR) is 113 cm³/mol. The third kappa shape index (κ3) is 4.75. The van der Waals surface area contributed by atoms with Gasteiger partial charge in [0, 0.05) is 19.4 Å². The van der Waals surface area contributed by atoms with Gasteiger partial charge in [-0.2, -0.15) is 0 Å². The maximum Gasteiger partial charge on any atom is 0.262 e. The Hall–Kier alpha value is -3.03. The number of hydrogen-bond donors (Lipinski definition) is 2. The fourth-order valence-electron chi connectivity index (χ4n) is 3.86. The SMILES string of the molecule is CCCCCCC(=O)NCc1cccc2nc(C)n([C@@H]3CCC(=O)NC3=O)c(=O)c12. The van der Waals surface area contributed by atoms with Crippen molar-refractivity contribution in [3.05, 3.63) is 39.9 Å². The second-order valence-electron chi connectivity index (χ2n) is 7.70. The molecule has 1 atom stereocenters. The number of fused-ring (bicyclic) bond motifs is 1. The van der Waals surface area contributed by atoms with Gasteiger partial charge in [-0.05, 0) is 31.4 Å². The molecule has 8 nitrogen and oxygen atoms in total. The Bertz CT molecular complexity index is 1030. The van der Waals surface area contributed by atoms with Gasteiger partial charge in [0.1, 0.15) is 11.9 Å². The van der Waals surface area contributed by atoms with Crippen molar-refractivity contribution in [3.8, 4) is 0 Å². The van der Waals surface area contributed by atoms with Crippen LogP contribution in [0.2, 0.25) is 0 Å². The summed E-state index contributed by atoms with van der Waals surface area (Å²) in [6.07, 6.45) is 5.00. The summed E-state index contributed by atoms with van der Waals surface area (Å²) in [7, 11) is 0. The van der Waals surface area contributed by atoms with Gasteiger partial charge in [-0.1, -0.05) is 38.3 Å². The average molecular weight is 412 g/mol. The van der Waals surface area contributed by atoms with Crippen LogP contribution < -0.4 is 16.2 Å². The molecule has 0 spiro atoms. The summed E-state index contributed by atoms with van der Waals surface area (Å²) in [5.41, 5.74) is 0.850. The molecule has 2 heterocycles. The number of hydrogen-bond acceptors (Lipinski definition) is 5. The summed E-state index contributed by atoms with van der Waals surface area (Å²) in [5, 5.41) is 5.56. The van der Waals surface area contributed by atoms with Gasteiger partial charge >= 0.3 is 0 Å². The summed E-state index contributed by atoms with van der Waals surface area (Å²) in [5.74, 6) is -0.457. The van der Waals surface area contributed by atoms with E-state index in [1.807, 2.05) is 0 Å². The minimum absolute atomic E-state index is 0.0475. The lowest BCUT2D eigenvalue weighted by Crippen LogP contribution is -2.45. The van der Waals surface area contributed by atoms with Crippen LogP contribution in [0.1, 0.15) is 69.3 Å². The number of rotatable bonds is 8. The molecule has 1 aliphatic heterocycles. The number of nitrogens with zero attached hydrogens (tertiary/aromatic N) is 2. The van der Waals surface area contributed by atoms with Crippen molar-refractivity contribution >= 4 is 28.6 Å². The predicted octanol–water partition coefficient (Wildman–Crippen LogP) is 2.27. The molecule has 0 bridgehead atoms. The Morgan fingerprint density at radius 1 is 1.23 bits per heavy atom. The van der Waals surface area contributed by atoms with Crippen LogP contribution in [0.3, 0.4) is 0 Å². The first-order chi connectivity index (χ1) is 14.4. The van der Waals surface area contributed by atoms with Crippen molar-refractivity contribution in [1.82, 2.24) is 20.2 Å². The summed E-state index contributed by atoms with van der Waals surface area (Å²) in [6, 6.07) is 4.56. The van der Waals surface area contributed by atoms with Gasteiger partial charge in [0.2, 0.25) is 17.7 Å². The lowest BCUT2D eigenvalue weighted by molar-refractivity contribution is -0.135. The van der Waals surface area contributed by atoms with Crippen LogP contribution in [0.5, 0.6) is 0 Å². The van der Waals surface area contributed by atoms with Gasteiger partial charge in [-0.3, -0.25) is 29.1 Å². The van der Waals surface area contributed by atoms with Crippen LogP contribution in [0.4, 0.5) is 0 Å². The van der Waals surface area contributed by atoms with Crippen molar-refractivity contribution in [2.24, 2.45) is 0 Å². The van der Waals surface area contributed by atoms with Crippen LogP contribution in [-0.4, -0.2) is 27.3 Å². The highest BCUT2D eigenvalue weighted by Crippen LogP contribution is 2.21. The number of imide groups is 1. The van der Waals surface area contributed by atoms with Gasteiger partial charge in [-0.25, -0.2) is 4.98 Å². The monoisotopic (exact) mass is 412 g/mol. The number of carbonyl (C=O) groups excluding carboxylic acids is 3. The van der Waals surface area contributed by atoms with E-state index in [0.29, 0.717) is 28.7 Å². The van der Waals surface area contributed by atoms with Crippen molar-refractivity contribution in [2.45, 2.75) is 71.4 Å². The molecule has 1 aromatic heterocycles. The molecule has 1 aliphatic rings. The highest BCUT2D eigenvalue weighted by molar-refractivity contribution is 5.99. The van der Waals surface area contributed by atoms with Crippen molar-refractivity contribution in [2.75, 3.05) is 0 Å². The van der Waals surface area contributed by atoms with E-state index in [-0.39, 0.29) is 36.8 Å². The number of aryl methyl sites for hydroxylation is 1. The fraction of sp³-hybridized carbons (Fsp3) is 0.500. The minimum atomic E-state index is -0.770. The number of unbranched alkanes of at least 4 members (excludes halogenated alkanes) is 3. The first-order valence-electron chi connectivity index (χ1n) is 10.5. The molecular weight excluding hydrogens is 384 g/mol. The average Bonchev–Trinajstić information content (AvgIpc) is 2.71. The Labute approximate surface area is 175 Å². The number of piperidine rings is 1. The van der Waals surface area contributed by atoms with E-state index in [9.17, 15) is 19.2 Å². The summed E-state index contributed by atoms with van der Waals surface area (Å²) in [6.45, 7) is 4.02. The van der Waals surface area contributed by atoms with Crippen LogP contribution in [0.15, 0.2) is 23.0 Å². The van der Waals surface area contributed by atoms with E-state index in [1.54, 1.807) is 25.1 Å². The summed E-state index contributed by atoms with van der Waals surface area (Å²) < 4.78 is 1.36. The standard InChI is InChI=1S/C22H28N4O4/c1-3-4-5-6-10-18(27)23-13-15-8-7-9-16-20(15)22(30)26(14(2)24-16)17-11-12-19(28)25-21(17)29/h7-9,17H,3-6,10-13H2,1-2H3,(H,23,27)(H,25,28,29)/t17-/m1/s1. The van der Waals surface area contributed by atoms with Gasteiger partial charge in [0.05, 0.1) is 10.9 Å². The number of nitrogens with one attached hydrogen (secondary N) is 2. The maximum absolute atomic E-state index is 13.3. The fourth-order valence-corrected chi connectivity index (χ4v) is 3.86. The molecule has 3 amide bonds. The smallest absolute Gasteiger partial charge is 0.262 e. The third-order valence-corrected chi connectivity index (χ3v) is 5.45. The molecule has 30 heavy (non-hydrogen) atoms. The molecule has 2 aromatic rings. The molecule has 0 saturated carbocycles. The summed E-state index contributed by atoms with van der Waals surface area (Å²) >= 11 is 0. The van der Waals surface area contributed by atoms with Crippen LogP contribution in [-0.2, 0) is 20.9 Å². The van der Waals surface area contributed by atoms with E-state index in [0.717, 1.165) is 25.7 Å². The number of amides is 3. The zero-order valence-corrected chi connectivity index (χ0v) is 17.5. The molecule has 8 heteroatoms. The van der Waals surface area contributed by atoms with Gasteiger partial charge in [-0.15, -0.1) is 0 Å². The second-order valence-corrected chi connectivity index (χ2v) is 7.70. The quantitative estimate of drug-likeness (QED) is 0.510. The third-order valence-electron chi connectivity index (χ3n) is 5.45. The van der Waals surface area contributed by atoms with E-state index in [1.165, 1.54) is 4.57 Å². The molecule has 0 radical (unpaired) electrons. The maximum atomic E-state index is 13.3. The van der Waals surface area contributed by atoms with Crippen molar-refractivity contribution in [3.63, 3.8) is 0 Å². The zero-order valence-electron chi connectivity index (χ0n) is 17.5. The Morgan fingerprint density at radius 2 is 2.03 bits per heavy atom. The molecule has 0 aliphatic carbocycles. The molecule has 0 unspecified atom stereocenters. The number of aromatic nitrogens is 2. The number of carbonyl (C=O) groups is 3. The number of benzene rings is 1. The van der Waals surface area contributed by atoms with E-state index in [4.69, 9.17) is 0 Å². The lowest BCUT2D eigenvalue weighted by atomic mass is 10.0. The molecule has 2 N–H and O–H groups in total. The van der Waals surface area contributed by atoms with E-state index in [2.05, 4.69) is 22.5 Å². The van der Waals surface area contributed by atoms with E-state index < -0.39 is 11.9 Å². The van der Waals surface area contributed by atoms with Gasteiger partial charge in [0.15, 0.2) is 0 Å². The molecular formula is C22H28N4O4. The Kier molecular flexibility index (Phi) is 6.97. The highest BCUT2D eigenvalue weighted by Gasteiger charge is 2.30. The first-order valence-corrected chi connectivity index (χ1v) is 10.5. The topological polar surface area (TPSA) is 110 Å². The lowest BCUT2D eigenvalue weighted by Gasteiger charge is -2.24. The Morgan fingerprint density at radius 3 is 2.77 bits per heavy atom. The minimum Gasteiger partial charge on any atom is -0.352 e. The zero-order chi connectivity index (χ0) is 21.7.